The lowest BCUT2D eigenvalue weighted by molar-refractivity contribution is 0.197. The summed E-state index contributed by atoms with van der Waals surface area (Å²) in [5.41, 5.74) is 0.717. The zero-order valence-electron chi connectivity index (χ0n) is 11.4. The molecule has 0 heterocycles. The minimum absolute atomic E-state index is 0.717. The molecule has 2 rings (SSSR count). The lowest BCUT2D eigenvalue weighted by Crippen LogP contribution is -2.43. The summed E-state index contributed by atoms with van der Waals surface area (Å²) in [5, 5.41) is 3.89. The van der Waals surface area contributed by atoms with Crippen molar-refractivity contribution in [2.75, 3.05) is 6.54 Å². The molecule has 0 aliphatic heterocycles. The molecule has 0 aromatic rings. The molecule has 94 valence electrons. The van der Waals surface area contributed by atoms with Gasteiger partial charge in [-0.05, 0) is 42.9 Å². The zero-order valence-corrected chi connectivity index (χ0v) is 11.4. The van der Waals surface area contributed by atoms with Crippen molar-refractivity contribution in [3.8, 4) is 0 Å². The maximum atomic E-state index is 3.89. The molecule has 0 aromatic carbocycles. The number of nitrogens with one attached hydrogen (secondary N) is 1. The molecule has 0 saturated heterocycles. The van der Waals surface area contributed by atoms with Crippen molar-refractivity contribution in [3.63, 3.8) is 0 Å². The highest BCUT2D eigenvalue weighted by molar-refractivity contribution is 4.96. The monoisotopic (exact) mass is 223 g/mol. The molecule has 1 nitrogen and oxygen atoms in total. The van der Waals surface area contributed by atoms with Crippen LogP contribution in [0.25, 0.3) is 0 Å². The van der Waals surface area contributed by atoms with Crippen LogP contribution in [0.2, 0.25) is 0 Å². The van der Waals surface area contributed by atoms with Gasteiger partial charge in [0.05, 0.1) is 0 Å². The molecule has 2 aliphatic carbocycles. The average Bonchev–Trinajstić information content (AvgIpc) is 3.02. The fourth-order valence-electron chi connectivity index (χ4n) is 3.44. The summed E-state index contributed by atoms with van der Waals surface area (Å²) in [6.07, 6.45) is 10.0. The molecule has 0 aromatic heterocycles. The molecule has 3 unspecified atom stereocenters. The average molecular weight is 223 g/mol. The van der Waals surface area contributed by atoms with Crippen molar-refractivity contribution in [2.24, 2.45) is 17.3 Å². The van der Waals surface area contributed by atoms with Gasteiger partial charge in [0.1, 0.15) is 0 Å². The largest absolute Gasteiger partial charge is 0.313 e. The number of hydrogen-bond donors (Lipinski definition) is 1. The lowest BCUT2D eigenvalue weighted by Gasteiger charge is -2.35. The highest BCUT2D eigenvalue weighted by atomic mass is 14.9. The van der Waals surface area contributed by atoms with E-state index >= 15 is 0 Å². The number of hydrogen-bond acceptors (Lipinski definition) is 1. The van der Waals surface area contributed by atoms with Crippen molar-refractivity contribution >= 4 is 0 Å². The minimum atomic E-state index is 0.717. The van der Waals surface area contributed by atoms with Crippen LogP contribution >= 0.6 is 0 Å². The lowest BCUT2D eigenvalue weighted by atomic mass is 9.78. The Kier molecular flexibility index (Phi) is 3.94. The second-order valence-electron chi connectivity index (χ2n) is 6.50. The standard InChI is InChI=1S/C15H29N/c1-4-8-15(9-10-15)11-16-14-7-5-6-12(2)13(14)3/h12-14,16H,4-11H2,1-3H3. The van der Waals surface area contributed by atoms with Crippen LogP contribution in [-0.2, 0) is 0 Å². The molecule has 0 amide bonds. The van der Waals surface area contributed by atoms with Gasteiger partial charge in [0.2, 0.25) is 0 Å². The van der Waals surface area contributed by atoms with Crippen molar-refractivity contribution < 1.29 is 0 Å². The second kappa shape index (κ2) is 5.08. The van der Waals surface area contributed by atoms with E-state index in [1.807, 2.05) is 0 Å². The summed E-state index contributed by atoms with van der Waals surface area (Å²) < 4.78 is 0. The zero-order chi connectivity index (χ0) is 11.6. The van der Waals surface area contributed by atoms with Crippen LogP contribution in [-0.4, -0.2) is 12.6 Å². The van der Waals surface area contributed by atoms with E-state index < -0.39 is 0 Å². The van der Waals surface area contributed by atoms with Crippen molar-refractivity contribution in [2.45, 2.75) is 71.8 Å². The summed E-state index contributed by atoms with van der Waals surface area (Å²) >= 11 is 0. The maximum absolute atomic E-state index is 3.89. The van der Waals surface area contributed by atoms with Gasteiger partial charge in [-0.3, -0.25) is 0 Å². The maximum Gasteiger partial charge on any atom is 0.00954 e. The van der Waals surface area contributed by atoms with Gasteiger partial charge in [-0.2, -0.15) is 0 Å². The molecule has 0 spiro atoms. The van der Waals surface area contributed by atoms with E-state index in [0.717, 1.165) is 23.3 Å². The topological polar surface area (TPSA) is 12.0 Å². The summed E-state index contributed by atoms with van der Waals surface area (Å²) in [6, 6.07) is 0.804. The van der Waals surface area contributed by atoms with E-state index in [-0.39, 0.29) is 0 Å². The normalized spacial score (nSPS) is 37.3. The molecule has 16 heavy (non-hydrogen) atoms. The molecule has 1 N–H and O–H groups in total. The summed E-state index contributed by atoms with van der Waals surface area (Å²) in [5.74, 6) is 1.80. The molecule has 3 atom stereocenters. The van der Waals surface area contributed by atoms with E-state index in [2.05, 4.69) is 26.1 Å². The predicted octanol–water partition coefficient (Wildman–Crippen LogP) is 3.98. The third-order valence-electron chi connectivity index (χ3n) is 5.18. The van der Waals surface area contributed by atoms with Gasteiger partial charge in [-0.15, -0.1) is 0 Å². The van der Waals surface area contributed by atoms with Gasteiger partial charge in [-0.1, -0.05) is 40.0 Å². The van der Waals surface area contributed by atoms with E-state index in [0.29, 0.717) is 0 Å². The van der Waals surface area contributed by atoms with E-state index in [1.54, 1.807) is 0 Å². The van der Waals surface area contributed by atoms with Crippen molar-refractivity contribution in [3.05, 3.63) is 0 Å². The van der Waals surface area contributed by atoms with Gasteiger partial charge in [0.15, 0.2) is 0 Å². The van der Waals surface area contributed by atoms with Crippen LogP contribution in [0.3, 0.4) is 0 Å². The highest BCUT2D eigenvalue weighted by Crippen LogP contribution is 2.49. The van der Waals surface area contributed by atoms with Crippen LogP contribution in [0.4, 0.5) is 0 Å². The molecule has 2 saturated carbocycles. The first-order valence-corrected chi connectivity index (χ1v) is 7.40. The van der Waals surface area contributed by atoms with Crippen LogP contribution in [0.15, 0.2) is 0 Å². The highest BCUT2D eigenvalue weighted by Gasteiger charge is 2.41. The summed E-state index contributed by atoms with van der Waals surface area (Å²) in [7, 11) is 0. The quantitative estimate of drug-likeness (QED) is 0.743. The predicted molar refractivity (Wildman–Crippen MR) is 70.5 cm³/mol. The van der Waals surface area contributed by atoms with E-state index in [4.69, 9.17) is 0 Å². The fourth-order valence-corrected chi connectivity index (χ4v) is 3.44. The first-order valence-electron chi connectivity index (χ1n) is 7.40. The smallest absolute Gasteiger partial charge is 0.00954 e. The Morgan fingerprint density at radius 3 is 2.56 bits per heavy atom. The Morgan fingerprint density at radius 2 is 1.94 bits per heavy atom. The van der Waals surface area contributed by atoms with Crippen LogP contribution < -0.4 is 5.32 Å². The molecular weight excluding hydrogens is 194 g/mol. The fraction of sp³-hybridized carbons (Fsp3) is 1.00. The summed E-state index contributed by atoms with van der Waals surface area (Å²) in [4.78, 5) is 0. The Morgan fingerprint density at radius 1 is 1.19 bits per heavy atom. The molecule has 1 heteroatoms. The van der Waals surface area contributed by atoms with Gasteiger partial charge in [0, 0.05) is 12.6 Å². The van der Waals surface area contributed by atoms with Crippen LogP contribution in [0.1, 0.15) is 65.7 Å². The Hall–Kier alpha value is -0.0400. The van der Waals surface area contributed by atoms with E-state index in [9.17, 15) is 0 Å². The van der Waals surface area contributed by atoms with Gasteiger partial charge < -0.3 is 5.32 Å². The van der Waals surface area contributed by atoms with Gasteiger partial charge >= 0.3 is 0 Å². The Balaban J connectivity index is 1.76. The van der Waals surface area contributed by atoms with E-state index in [1.165, 1.54) is 51.5 Å². The summed E-state index contributed by atoms with van der Waals surface area (Å²) in [6.45, 7) is 8.49. The van der Waals surface area contributed by atoms with Crippen LogP contribution in [0.5, 0.6) is 0 Å². The third-order valence-corrected chi connectivity index (χ3v) is 5.18. The van der Waals surface area contributed by atoms with Gasteiger partial charge in [0.25, 0.3) is 0 Å². The Labute approximate surface area is 101 Å². The molecule has 0 radical (unpaired) electrons. The molecule has 2 fully saturated rings. The molecular formula is C15H29N. The second-order valence-corrected chi connectivity index (χ2v) is 6.50. The first-order chi connectivity index (χ1) is 7.67. The first kappa shape index (κ1) is 12.4. The SMILES string of the molecule is CCCC1(CNC2CCCC(C)C2C)CC1. The third kappa shape index (κ3) is 2.80. The van der Waals surface area contributed by atoms with Gasteiger partial charge in [-0.25, -0.2) is 0 Å². The molecule has 0 bridgehead atoms. The van der Waals surface area contributed by atoms with Crippen molar-refractivity contribution in [1.29, 1.82) is 0 Å². The van der Waals surface area contributed by atoms with Crippen LogP contribution in [0, 0.1) is 17.3 Å². The molecule has 2 aliphatic rings. The number of rotatable bonds is 5. The van der Waals surface area contributed by atoms with Crippen molar-refractivity contribution in [1.82, 2.24) is 5.32 Å². The minimum Gasteiger partial charge on any atom is -0.313 e. The Bertz CT molecular complexity index is 219.